The fourth-order valence-corrected chi connectivity index (χ4v) is 4.85. The van der Waals surface area contributed by atoms with Crippen molar-refractivity contribution in [3.05, 3.63) is 76.7 Å². The van der Waals surface area contributed by atoms with Crippen molar-refractivity contribution in [2.75, 3.05) is 20.3 Å². The lowest BCUT2D eigenvalue weighted by molar-refractivity contribution is -0.134. The smallest absolute Gasteiger partial charge is 0.330 e. The summed E-state index contributed by atoms with van der Waals surface area (Å²) in [4.78, 5) is 17.2. The van der Waals surface area contributed by atoms with Gasteiger partial charge in [0.2, 0.25) is 0 Å². The normalized spacial score (nSPS) is 19.0. The summed E-state index contributed by atoms with van der Waals surface area (Å²) in [6, 6.07) is 12.7. The summed E-state index contributed by atoms with van der Waals surface area (Å²) in [5.74, 6) is -1.04. The van der Waals surface area contributed by atoms with Crippen molar-refractivity contribution in [2.45, 2.75) is 38.8 Å². The minimum atomic E-state index is -0.498. The van der Waals surface area contributed by atoms with Crippen LogP contribution in [0.3, 0.4) is 0 Å². The van der Waals surface area contributed by atoms with E-state index in [1.54, 1.807) is 12.1 Å². The van der Waals surface area contributed by atoms with E-state index < -0.39 is 12.6 Å². The number of nitrogens with one attached hydrogen (secondary N) is 1. The second kappa shape index (κ2) is 9.10. The lowest BCUT2D eigenvalue weighted by atomic mass is 9.80. The summed E-state index contributed by atoms with van der Waals surface area (Å²) >= 11 is 0. The minimum absolute atomic E-state index is 0.178. The lowest BCUT2D eigenvalue weighted by Gasteiger charge is -2.48. The van der Waals surface area contributed by atoms with E-state index in [2.05, 4.69) is 34.5 Å². The van der Waals surface area contributed by atoms with E-state index in [1.165, 1.54) is 30.9 Å². The standard InChI is InChI=1S/C27H30F2N2O2/c1-17(15-28)16-31-26(20-11-9-18(13-22(20)29)10-12-24(32)33-4)25-21(14-27(31,2)3)19-7-5-6-8-23(19)30-25/h5-13,17,26,30H,14-16H2,1-4H3/t17-,26?/m1/s1. The van der Waals surface area contributed by atoms with Gasteiger partial charge in [-0.05, 0) is 55.5 Å². The molecule has 174 valence electrons. The zero-order chi connectivity index (χ0) is 23.8. The third-order valence-electron chi connectivity index (χ3n) is 6.52. The van der Waals surface area contributed by atoms with Gasteiger partial charge in [-0.3, -0.25) is 9.29 Å². The molecule has 0 radical (unpaired) electrons. The molecule has 33 heavy (non-hydrogen) atoms. The largest absolute Gasteiger partial charge is 0.466 e. The predicted molar refractivity (Wildman–Crippen MR) is 127 cm³/mol. The summed E-state index contributed by atoms with van der Waals surface area (Å²) < 4.78 is 33.7. The van der Waals surface area contributed by atoms with E-state index in [1.807, 2.05) is 25.1 Å². The van der Waals surface area contributed by atoms with Gasteiger partial charge >= 0.3 is 5.97 Å². The van der Waals surface area contributed by atoms with Crippen LogP contribution < -0.4 is 0 Å². The first-order valence-corrected chi connectivity index (χ1v) is 11.2. The first-order chi connectivity index (χ1) is 15.7. The molecular formula is C27H30F2N2O2. The highest BCUT2D eigenvalue weighted by Gasteiger charge is 2.43. The van der Waals surface area contributed by atoms with Gasteiger partial charge in [0.25, 0.3) is 0 Å². The number of hydrogen-bond donors (Lipinski definition) is 1. The van der Waals surface area contributed by atoms with Gasteiger partial charge in [-0.2, -0.15) is 0 Å². The zero-order valence-corrected chi connectivity index (χ0v) is 19.5. The maximum atomic E-state index is 15.6. The zero-order valence-electron chi connectivity index (χ0n) is 19.5. The number of ether oxygens (including phenoxy) is 1. The van der Waals surface area contributed by atoms with Crippen molar-refractivity contribution in [3.8, 4) is 0 Å². The number of esters is 1. The molecule has 6 heteroatoms. The Labute approximate surface area is 193 Å². The number of alkyl halides is 1. The molecule has 0 saturated heterocycles. The maximum Gasteiger partial charge on any atom is 0.330 e. The molecule has 1 aliphatic rings. The number of halogens is 2. The number of aromatic amines is 1. The van der Waals surface area contributed by atoms with Gasteiger partial charge in [-0.1, -0.05) is 37.3 Å². The number of methoxy groups -OCH3 is 1. The van der Waals surface area contributed by atoms with Crippen LogP contribution in [0.4, 0.5) is 8.78 Å². The molecule has 1 N–H and O–H groups in total. The minimum Gasteiger partial charge on any atom is -0.466 e. The molecule has 1 aromatic heterocycles. The molecule has 1 unspecified atom stereocenters. The van der Waals surface area contributed by atoms with E-state index in [0.717, 1.165) is 23.0 Å². The molecule has 1 aliphatic heterocycles. The quantitative estimate of drug-likeness (QED) is 0.378. The van der Waals surface area contributed by atoms with Crippen LogP contribution >= 0.6 is 0 Å². The number of benzene rings is 2. The first kappa shape index (κ1) is 23.2. The molecule has 0 spiro atoms. The Morgan fingerprint density at radius 3 is 2.76 bits per heavy atom. The van der Waals surface area contributed by atoms with E-state index in [4.69, 9.17) is 0 Å². The Bertz CT molecular complexity index is 1200. The van der Waals surface area contributed by atoms with Gasteiger partial charge < -0.3 is 9.72 Å². The van der Waals surface area contributed by atoms with E-state index in [0.29, 0.717) is 17.7 Å². The average molecular weight is 453 g/mol. The summed E-state index contributed by atoms with van der Waals surface area (Å²) in [6.07, 6.45) is 3.58. The van der Waals surface area contributed by atoms with Crippen LogP contribution in [0.15, 0.2) is 48.5 Å². The van der Waals surface area contributed by atoms with Crippen LogP contribution in [-0.2, 0) is 16.0 Å². The van der Waals surface area contributed by atoms with Gasteiger partial charge in [0.05, 0.1) is 19.8 Å². The Balaban J connectivity index is 1.85. The average Bonchev–Trinajstić information content (AvgIpc) is 3.15. The van der Waals surface area contributed by atoms with Crippen molar-refractivity contribution < 1.29 is 18.3 Å². The Hall–Kier alpha value is -2.99. The van der Waals surface area contributed by atoms with Gasteiger partial charge in [0, 0.05) is 40.3 Å². The number of nitrogens with zero attached hydrogens (tertiary/aromatic N) is 1. The van der Waals surface area contributed by atoms with Crippen LogP contribution in [0.25, 0.3) is 17.0 Å². The first-order valence-electron chi connectivity index (χ1n) is 11.2. The fraction of sp³-hybridized carbons (Fsp3) is 0.370. The Morgan fingerprint density at radius 2 is 2.06 bits per heavy atom. The number of fused-ring (bicyclic) bond motifs is 3. The SMILES string of the molecule is COC(=O)C=Cc1ccc(C2c3[nH]c4ccccc4c3CC(C)(C)N2C[C@H](C)CF)c(F)c1. The van der Waals surface area contributed by atoms with Crippen molar-refractivity contribution in [2.24, 2.45) is 5.92 Å². The number of carbonyl (C=O) groups excluding carboxylic acids is 1. The van der Waals surface area contributed by atoms with Crippen molar-refractivity contribution in [1.82, 2.24) is 9.88 Å². The molecule has 0 amide bonds. The van der Waals surface area contributed by atoms with Crippen LogP contribution in [0, 0.1) is 11.7 Å². The highest BCUT2D eigenvalue weighted by Crippen LogP contribution is 2.45. The Morgan fingerprint density at radius 1 is 1.30 bits per heavy atom. The number of aromatic nitrogens is 1. The van der Waals surface area contributed by atoms with Gasteiger partial charge in [-0.15, -0.1) is 0 Å². The molecular weight excluding hydrogens is 422 g/mol. The van der Waals surface area contributed by atoms with Gasteiger partial charge in [-0.25, -0.2) is 9.18 Å². The van der Waals surface area contributed by atoms with Crippen LogP contribution in [0.2, 0.25) is 0 Å². The predicted octanol–water partition coefficient (Wildman–Crippen LogP) is 5.82. The molecule has 0 saturated carbocycles. The van der Waals surface area contributed by atoms with E-state index in [9.17, 15) is 9.18 Å². The number of hydrogen-bond acceptors (Lipinski definition) is 3. The summed E-state index contributed by atoms with van der Waals surface area (Å²) in [5, 5.41) is 1.14. The molecule has 2 heterocycles. The molecule has 4 rings (SSSR count). The monoisotopic (exact) mass is 452 g/mol. The van der Waals surface area contributed by atoms with Gasteiger partial charge in [0.15, 0.2) is 0 Å². The summed E-state index contributed by atoms with van der Waals surface area (Å²) in [5.41, 5.74) is 3.94. The van der Waals surface area contributed by atoms with Crippen LogP contribution in [-0.4, -0.2) is 41.7 Å². The van der Waals surface area contributed by atoms with Crippen molar-refractivity contribution >= 4 is 22.9 Å². The number of H-pyrrole nitrogens is 1. The second-order valence-electron chi connectivity index (χ2n) is 9.50. The molecule has 3 aromatic rings. The molecule has 4 nitrogen and oxygen atoms in total. The molecule has 0 bridgehead atoms. The summed E-state index contributed by atoms with van der Waals surface area (Å²) in [7, 11) is 1.30. The highest BCUT2D eigenvalue weighted by atomic mass is 19.1. The third kappa shape index (κ3) is 4.44. The molecule has 0 aliphatic carbocycles. The van der Waals surface area contributed by atoms with Crippen molar-refractivity contribution in [1.29, 1.82) is 0 Å². The Kier molecular flexibility index (Phi) is 6.39. The van der Waals surface area contributed by atoms with Crippen LogP contribution in [0.5, 0.6) is 0 Å². The highest BCUT2D eigenvalue weighted by molar-refractivity contribution is 5.87. The van der Waals surface area contributed by atoms with Crippen LogP contribution in [0.1, 0.15) is 49.2 Å². The third-order valence-corrected chi connectivity index (χ3v) is 6.52. The van der Waals surface area contributed by atoms with Gasteiger partial charge in [0.1, 0.15) is 5.82 Å². The maximum absolute atomic E-state index is 15.6. The fourth-order valence-electron chi connectivity index (χ4n) is 4.85. The lowest BCUT2D eigenvalue weighted by Crippen LogP contribution is -2.53. The molecule has 2 aromatic carbocycles. The number of rotatable bonds is 6. The topological polar surface area (TPSA) is 45.3 Å². The van der Waals surface area contributed by atoms with E-state index >= 15 is 4.39 Å². The van der Waals surface area contributed by atoms with Crippen molar-refractivity contribution in [3.63, 3.8) is 0 Å². The van der Waals surface area contributed by atoms with E-state index in [-0.39, 0.29) is 23.3 Å². The molecule has 2 atom stereocenters. The molecule has 0 fully saturated rings. The summed E-state index contributed by atoms with van der Waals surface area (Å²) in [6.45, 7) is 6.23. The second-order valence-corrected chi connectivity index (χ2v) is 9.50. The number of carbonyl (C=O) groups is 1. The number of para-hydroxylation sites is 1.